The maximum Gasteiger partial charge on any atom is 0.244 e. The van der Waals surface area contributed by atoms with Crippen LogP contribution < -0.4 is 10.1 Å². The average Bonchev–Trinajstić information content (AvgIpc) is 3.41. The maximum absolute atomic E-state index is 13.1. The molecule has 1 aliphatic rings. The Kier molecular flexibility index (Phi) is 6.52. The van der Waals surface area contributed by atoms with E-state index >= 15 is 0 Å². The van der Waals surface area contributed by atoms with Gasteiger partial charge in [0.25, 0.3) is 0 Å². The SMILES string of the molecule is COc1ccc(-c2nc(NC(=O)C3CCCN3S(=O)(=O)c3ccc(Cl)cc3)sc2C)cc1. The van der Waals surface area contributed by atoms with E-state index in [0.717, 1.165) is 21.9 Å². The monoisotopic (exact) mass is 491 g/mol. The molecule has 1 unspecified atom stereocenters. The number of anilines is 1. The largest absolute Gasteiger partial charge is 0.497 e. The fraction of sp³-hybridized carbons (Fsp3) is 0.273. The van der Waals surface area contributed by atoms with Gasteiger partial charge in [-0.05, 0) is 68.3 Å². The summed E-state index contributed by atoms with van der Waals surface area (Å²) in [4.78, 5) is 18.6. The van der Waals surface area contributed by atoms with Crippen LogP contribution in [-0.4, -0.2) is 43.3 Å². The first-order valence-corrected chi connectivity index (χ1v) is 12.6. The number of nitrogens with zero attached hydrogens (tertiary/aromatic N) is 2. The molecular weight excluding hydrogens is 470 g/mol. The van der Waals surface area contributed by atoms with Crippen molar-refractivity contribution < 1.29 is 17.9 Å². The molecule has 32 heavy (non-hydrogen) atoms. The number of methoxy groups -OCH3 is 1. The molecule has 0 radical (unpaired) electrons. The number of aryl methyl sites for hydroxylation is 1. The number of rotatable bonds is 6. The molecule has 1 saturated heterocycles. The summed E-state index contributed by atoms with van der Waals surface area (Å²) in [6, 6.07) is 12.7. The van der Waals surface area contributed by atoms with E-state index in [4.69, 9.17) is 16.3 Å². The molecule has 0 aliphatic carbocycles. The van der Waals surface area contributed by atoms with Gasteiger partial charge in [0.1, 0.15) is 11.8 Å². The quantitative estimate of drug-likeness (QED) is 0.545. The Morgan fingerprint density at radius 1 is 1.19 bits per heavy atom. The van der Waals surface area contributed by atoms with E-state index in [1.807, 2.05) is 31.2 Å². The Balaban J connectivity index is 1.52. The van der Waals surface area contributed by atoms with Gasteiger partial charge in [-0.3, -0.25) is 4.79 Å². The lowest BCUT2D eigenvalue weighted by atomic mass is 10.1. The van der Waals surface area contributed by atoms with E-state index in [-0.39, 0.29) is 17.3 Å². The normalized spacial score (nSPS) is 16.8. The lowest BCUT2D eigenvalue weighted by molar-refractivity contribution is -0.119. The molecule has 1 aliphatic heterocycles. The van der Waals surface area contributed by atoms with E-state index in [2.05, 4.69) is 10.3 Å². The summed E-state index contributed by atoms with van der Waals surface area (Å²) < 4.78 is 32.6. The minimum atomic E-state index is -3.81. The van der Waals surface area contributed by atoms with Crippen molar-refractivity contribution in [3.05, 3.63) is 58.4 Å². The molecule has 1 aromatic heterocycles. The predicted molar refractivity (Wildman–Crippen MR) is 126 cm³/mol. The third-order valence-electron chi connectivity index (χ3n) is 5.32. The van der Waals surface area contributed by atoms with Gasteiger partial charge in [-0.25, -0.2) is 13.4 Å². The number of hydrogen-bond donors (Lipinski definition) is 1. The molecule has 1 N–H and O–H groups in total. The minimum absolute atomic E-state index is 0.119. The number of amides is 1. The molecule has 0 saturated carbocycles. The fourth-order valence-corrected chi connectivity index (χ4v) is 6.31. The number of thiazole rings is 1. The summed E-state index contributed by atoms with van der Waals surface area (Å²) >= 11 is 7.24. The first-order chi connectivity index (χ1) is 15.3. The molecule has 3 aromatic rings. The highest BCUT2D eigenvalue weighted by Gasteiger charge is 2.39. The summed E-state index contributed by atoms with van der Waals surface area (Å²) in [7, 11) is -2.20. The van der Waals surface area contributed by atoms with E-state index in [9.17, 15) is 13.2 Å². The third kappa shape index (κ3) is 4.52. The standard InChI is InChI=1S/C22H22ClN3O4S2/c1-14-20(15-5-9-17(30-2)10-6-15)24-22(31-14)25-21(27)19-4-3-13-26(19)32(28,29)18-11-7-16(23)8-12-18/h5-12,19H,3-4,13H2,1-2H3,(H,24,25,27). The van der Waals surface area contributed by atoms with Gasteiger partial charge >= 0.3 is 0 Å². The number of benzene rings is 2. The summed E-state index contributed by atoms with van der Waals surface area (Å²) in [5.41, 5.74) is 1.68. The van der Waals surface area contributed by atoms with Crippen molar-refractivity contribution in [3.63, 3.8) is 0 Å². The van der Waals surface area contributed by atoms with Crippen LogP contribution in [0.15, 0.2) is 53.4 Å². The van der Waals surface area contributed by atoms with Crippen LogP contribution in [0.1, 0.15) is 17.7 Å². The van der Waals surface area contributed by atoms with Crippen LogP contribution in [0.25, 0.3) is 11.3 Å². The van der Waals surface area contributed by atoms with Crippen LogP contribution in [0, 0.1) is 6.92 Å². The zero-order chi connectivity index (χ0) is 22.9. The zero-order valence-corrected chi connectivity index (χ0v) is 19.9. The van der Waals surface area contributed by atoms with Gasteiger partial charge in [0.05, 0.1) is 17.7 Å². The minimum Gasteiger partial charge on any atom is -0.497 e. The van der Waals surface area contributed by atoms with E-state index < -0.39 is 16.1 Å². The van der Waals surface area contributed by atoms with Gasteiger partial charge in [0, 0.05) is 22.0 Å². The topological polar surface area (TPSA) is 88.6 Å². The lowest BCUT2D eigenvalue weighted by Gasteiger charge is -2.23. The van der Waals surface area contributed by atoms with Gasteiger partial charge in [0.15, 0.2) is 5.13 Å². The molecule has 10 heteroatoms. The molecule has 1 amide bonds. The number of carbonyl (C=O) groups excluding carboxylic acids is 1. The molecule has 2 heterocycles. The van der Waals surface area contributed by atoms with Crippen molar-refractivity contribution in [1.82, 2.24) is 9.29 Å². The number of hydrogen-bond acceptors (Lipinski definition) is 6. The first kappa shape index (κ1) is 22.7. The molecule has 4 rings (SSSR count). The van der Waals surface area contributed by atoms with Crippen molar-refractivity contribution >= 4 is 44.0 Å². The smallest absolute Gasteiger partial charge is 0.244 e. The van der Waals surface area contributed by atoms with Crippen LogP contribution in [0.5, 0.6) is 5.75 Å². The second-order valence-electron chi connectivity index (χ2n) is 7.37. The first-order valence-electron chi connectivity index (χ1n) is 10.00. The van der Waals surface area contributed by atoms with Crippen LogP contribution in [0.4, 0.5) is 5.13 Å². The number of carbonyl (C=O) groups is 1. The third-order valence-corrected chi connectivity index (χ3v) is 8.38. The number of ether oxygens (including phenoxy) is 1. The molecule has 1 atom stereocenters. The number of sulfonamides is 1. The molecular formula is C22H22ClN3O4S2. The van der Waals surface area contributed by atoms with Gasteiger partial charge in [-0.15, -0.1) is 11.3 Å². The van der Waals surface area contributed by atoms with Crippen LogP contribution in [-0.2, 0) is 14.8 Å². The van der Waals surface area contributed by atoms with Crippen molar-refractivity contribution in [1.29, 1.82) is 0 Å². The highest BCUT2D eigenvalue weighted by atomic mass is 35.5. The Morgan fingerprint density at radius 2 is 1.88 bits per heavy atom. The van der Waals surface area contributed by atoms with E-state index in [1.165, 1.54) is 39.9 Å². The average molecular weight is 492 g/mol. The van der Waals surface area contributed by atoms with Gasteiger partial charge in [-0.2, -0.15) is 4.31 Å². The highest BCUT2D eigenvalue weighted by molar-refractivity contribution is 7.89. The molecule has 2 aromatic carbocycles. The molecule has 1 fully saturated rings. The molecule has 7 nitrogen and oxygen atoms in total. The summed E-state index contributed by atoms with van der Waals surface area (Å²) in [6.45, 7) is 2.22. The fourth-order valence-electron chi connectivity index (χ4n) is 3.69. The summed E-state index contributed by atoms with van der Waals surface area (Å²) in [6.07, 6.45) is 1.06. The molecule has 0 spiro atoms. The highest BCUT2D eigenvalue weighted by Crippen LogP contribution is 2.33. The van der Waals surface area contributed by atoms with Crippen molar-refractivity contribution in [3.8, 4) is 17.0 Å². The zero-order valence-electron chi connectivity index (χ0n) is 17.5. The second kappa shape index (κ2) is 9.19. The van der Waals surface area contributed by atoms with Crippen LogP contribution in [0.2, 0.25) is 5.02 Å². The van der Waals surface area contributed by atoms with Crippen molar-refractivity contribution in [2.24, 2.45) is 0 Å². The second-order valence-corrected chi connectivity index (χ2v) is 10.9. The predicted octanol–water partition coefficient (Wildman–Crippen LogP) is 4.57. The van der Waals surface area contributed by atoms with Gasteiger partial charge in [-0.1, -0.05) is 11.6 Å². The summed E-state index contributed by atoms with van der Waals surface area (Å²) in [5, 5.41) is 3.71. The van der Waals surface area contributed by atoms with Crippen molar-refractivity contribution in [2.45, 2.75) is 30.7 Å². The lowest BCUT2D eigenvalue weighted by Crippen LogP contribution is -2.43. The van der Waals surface area contributed by atoms with Gasteiger partial charge < -0.3 is 10.1 Å². The van der Waals surface area contributed by atoms with E-state index in [1.54, 1.807) is 7.11 Å². The van der Waals surface area contributed by atoms with Crippen LogP contribution >= 0.6 is 22.9 Å². The summed E-state index contributed by atoms with van der Waals surface area (Å²) in [5.74, 6) is 0.369. The Hall–Kier alpha value is -2.46. The number of aromatic nitrogens is 1. The van der Waals surface area contributed by atoms with Crippen LogP contribution in [0.3, 0.4) is 0 Å². The Morgan fingerprint density at radius 3 is 2.53 bits per heavy atom. The number of halogens is 1. The Bertz CT molecular complexity index is 1230. The molecule has 0 bridgehead atoms. The Labute approximate surface area is 196 Å². The van der Waals surface area contributed by atoms with Crippen molar-refractivity contribution in [2.75, 3.05) is 19.0 Å². The molecule has 168 valence electrons. The maximum atomic E-state index is 13.1. The van der Waals surface area contributed by atoms with Gasteiger partial charge in [0.2, 0.25) is 15.9 Å². The van der Waals surface area contributed by atoms with E-state index in [0.29, 0.717) is 23.0 Å². The number of nitrogens with one attached hydrogen (secondary N) is 1.